The van der Waals surface area contributed by atoms with Gasteiger partial charge in [-0.2, -0.15) is 11.8 Å². The number of amides is 2. The summed E-state index contributed by atoms with van der Waals surface area (Å²) in [5.41, 5.74) is 0. The van der Waals surface area contributed by atoms with Crippen LogP contribution in [0, 0.1) is 0 Å². The molecule has 2 aliphatic rings. The van der Waals surface area contributed by atoms with Crippen LogP contribution in [0.25, 0.3) is 0 Å². The Kier molecular flexibility index (Phi) is 13.4. The highest BCUT2D eigenvalue weighted by Crippen LogP contribution is 2.22. The van der Waals surface area contributed by atoms with Crippen LogP contribution in [0.4, 0.5) is 0 Å². The molecule has 2 aromatic carbocycles. The first-order chi connectivity index (χ1) is 16.1. The minimum absolute atomic E-state index is 0.0758. The number of para-hydroxylation sites is 1. The number of hydrogen-bond acceptors (Lipinski definition) is 6. The Labute approximate surface area is 205 Å². The number of halogens is 1. The fourth-order valence-electron chi connectivity index (χ4n) is 2.79. The zero-order valence-electron chi connectivity index (χ0n) is 18.9. The molecule has 0 bridgehead atoms. The molecule has 0 saturated carbocycles. The molecule has 180 valence electrons. The second kappa shape index (κ2) is 16.4. The van der Waals surface area contributed by atoms with E-state index in [1.807, 2.05) is 42.5 Å². The zero-order chi connectivity index (χ0) is 23.7. The second-order valence-electron chi connectivity index (χ2n) is 7.19. The average molecular weight is 494 g/mol. The molecule has 0 aromatic heterocycles. The van der Waals surface area contributed by atoms with Gasteiger partial charge in [0.25, 0.3) is 0 Å². The van der Waals surface area contributed by atoms with E-state index < -0.39 is 0 Å². The van der Waals surface area contributed by atoms with Crippen molar-refractivity contribution in [2.45, 2.75) is 6.42 Å². The van der Waals surface area contributed by atoms with Crippen LogP contribution in [0.2, 0.25) is 5.02 Å². The number of hydrogen-bond donors (Lipinski definition) is 2. The summed E-state index contributed by atoms with van der Waals surface area (Å²) < 4.78 is 10.7. The van der Waals surface area contributed by atoms with Crippen molar-refractivity contribution in [3.63, 3.8) is 0 Å². The van der Waals surface area contributed by atoms with Gasteiger partial charge in [-0.15, -0.1) is 0 Å². The van der Waals surface area contributed by atoms with Gasteiger partial charge >= 0.3 is 0 Å². The summed E-state index contributed by atoms with van der Waals surface area (Å²) >= 11 is 7.47. The highest BCUT2D eigenvalue weighted by molar-refractivity contribution is 7.99. The van der Waals surface area contributed by atoms with E-state index in [1.54, 1.807) is 30.9 Å². The van der Waals surface area contributed by atoms with Crippen LogP contribution in [0.15, 0.2) is 54.6 Å². The van der Waals surface area contributed by atoms with Gasteiger partial charge in [0.15, 0.2) is 0 Å². The molecule has 2 amide bonds. The molecule has 2 saturated heterocycles. The molecule has 33 heavy (non-hydrogen) atoms. The van der Waals surface area contributed by atoms with Crippen LogP contribution in [-0.4, -0.2) is 74.7 Å². The lowest BCUT2D eigenvalue weighted by molar-refractivity contribution is -0.122. The second-order valence-corrected chi connectivity index (χ2v) is 8.73. The van der Waals surface area contributed by atoms with Crippen molar-refractivity contribution < 1.29 is 19.1 Å². The van der Waals surface area contributed by atoms with Gasteiger partial charge in [0.05, 0.1) is 25.5 Å². The molecule has 7 nitrogen and oxygen atoms in total. The van der Waals surface area contributed by atoms with Gasteiger partial charge in [-0.3, -0.25) is 14.5 Å². The molecular formula is C24H32ClN3O4S. The number of thioether (sulfide) groups is 1. The molecule has 0 radical (unpaired) electrons. The summed E-state index contributed by atoms with van der Waals surface area (Å²) in [6.45, 7) is 4.60. The maximum absolute atomic E-state index is 10.9. The topological polar surface area (TPSA) is 79.9 Å². The van der Waals surface area contributed by atoms with Crippen molar-refractivity contribution in [3.05, 3.63) is 59.6 Å². The fraction of sp³-hybridized carbons (Fsp3) is 0.417. The number of carbonyl (C=O) groups excluding carboxylic acids is 2. The number of carbonyl (C=O) groups is 2. The highest BCUT2D eigenvalue weighted by Gasteiger charge is 2.12. The summed E-state index contributed by atoms with van der Waals surface area (Å²) in [5, 5.41) is 6.09. The van der Waals surface area contributed by atoms with Gasteiger partial charge in [0.1, 0.15) is 11.5 Å². The minimum Gasteiger partial charge on any atom is -0.457 e. The Hall–Kier alpha value is -2.26. The molecule has 9 heteroatoms. The molecular weight excluding hydrogens is 462 g/mol. The maximum Gasteiger partial charge on any atom is 0.233 e. The van der Waals surface area contributed by atoms with Crippen LogP contribution in [0.5, 0.6) is 11.5 Å². The predicted octanol–water partition coefficient (Wildman–Crippen LogP) is 3.44. The van der Waals surface area contributed by atoms with E-state index in [0.29, 0.717) is 17.3 Å². The fourth-order valence-corrected chi connectivity index (χ4v) is 3.69. The third-order valence-corrected chi connectivity index (χ3v) is 5.86. The molecule has 0 atom stereocenters. The van der Waals surface area contributed by atoms with E-state index in [4.69, 9.17) is 21.1 Å². The third kappa shape index (κ3) is 12.5. The first-order valence-corrected chi connectivity index (χ1v) is 12.4. The van der Waals surface area contributed by atoms with Gasteiger partial charge in [-0.1, -0.05) is 29.8 Å². The number of morpholine rings is 1. The van der Waals surface area contributed by atoms with Gasteiger partial charge in [-0.05, 0) is 48.6 Å². The lowest BCUT2D eigenvalue weighted by Gasteiger charge is -2.25. The molecule has 2 N–H and O–H groups in total. The Morgan fingerprint density at radius 1 is 1.12 bits per heavy atom. The van der Waals surface area contributed by atoms with Crippen molar-refractivity contribution in [1.29, 1.82) is 0 Å². The lowest BCUT2D eigenvalue weighted by atomic mass is 10.3. The van der Waals surface area contributed by atoms with Gasteiger partial charge in [-0.25, -0.2) is 0 Å². The first-order valence-electron chi connectivity index (χ1n) is 10.9. The standard InChI is InChI=1S/C12H9ClO.C7H14N2O2.C5H9NOS/c13-10-6-8-12(9-7-10)14-11-4-2-1-3-5-11;1-8-7(10)6-9-2-4-11-5-3-9;7-5-4-8-3-1-2-6-5/h1-9H;2-6H2,1H3,(H,8,10);1-4H2,(H,6,7). The lowest BCUT2D eigenvalue weighted by Crippen LogP contribution is -2.42. The van der Waals surface area contributed by atoms with Crippen molar-refractivity contribution in [3.8, 4) is 11.5 Å². The Bertz CT molecular complexity index is 808. The predicted molar refractivity (Wildman–Crippen MR) is 134 cm³/mol. The summed E-state index contributed by atoms with van der Waals surface area (Å²) in [7, 11) is 1.66. The molecule has 0 spiro atoms. The third-order valence-electron chi connectivity index (χ3n) is 4.56. The van der Waals surface area contributed by atoms with E-state index in [9.17, 15) is 9.59 Å². The van der Waals surface area contributed by atoms with Crippen molar-refractivity contribution >= 4 is 35.2 Å². The van der Waals surface area contributed by atoms with Crippen molar-refractivity contribution in [2.24, 2.45) is 0 Å². The minimum atomic E-state index is 0.0758. The van der Waals surface area contributed by atoms with Crippen LogP contribution >= 0.6 is 23.4 Å². The number of nitrogens with one attached hydrogen (secondary N) is 2. The summed E-state index contributed by atoms with van der Waals surface area (Å²) in [6, 6.07) is 16.9. The number of ether oxygens (including phenoxy) is 2. The van der Waals surface area contributed by atoms with Gasteiger partial charge < -0.3 is 20.1 Å². The quantitative estimate of drug-likeness (QED) is 0.679. The number of nitrogens with zero attached hydrogens (tertiary/aromatic N) is 1. The van der Waals surface area contributed by atoms with Gasteiger partial charge in [0, 0.05) is 31.7 Å². The van der Waals surface area contributed by atoms with E-state index in [1.165, 1.54) is 0 Å². The monoisotopic (exact) mass is 493 g/mol. The van der Waals surface area contributed by atoms with Crippen LogP contribution in [-0.2, 0) is 14.3 Å². The zero-order valence-corrected chi connectivity index (χ0v) is 20.5. The molecule has 2 heterocycles. The number of rotatable bonds is 4. The smallest absolute Gasteiger partial charge is 0.233 e. The maximum atomic E-state index is 10.9. The largest absolute Gasteiger partial charge is 0.457 e. The van der Waals surface area contributed by atoms with E-state index in [2.05, 4.69) is 15.5 Å². The van der Waals surface area contributed by atoms with E-state index in [0.717, 1.165) is 56.5 Å². The first kappa shape index (κ1) is 27.0. The normalized spacial score (nSPS) is 16.0. The highest BCUT2D eigenvalue weighted by atomic mass is 35.5. The number of benzene rings is 2. The molecule has 2 aliphatic heterocycles. The van der Waals surface area contributed by atoms with Crippen molar-refractivity contribution in [2.75, 3.05) is 57.9 Å². The van der Waals surface area contributed by atoms with Crippen LogP contribution in [0.3, 0.4) is 0 Å². The van der Waals surface area contributed by atoms with Crippen LogP contribution in [0.1, 0.15) is 6.42 Å². The summed E-state index contributed by atoms with van der Waals surface area (Å²) in [6.07, 6.45) is 1.12. The SMILES string of the molecule is CNC(=O)CN1CCOCC1.Clc1ccc(Oc2ccccc2)cc1.O=C1CSCCCN1. The molecule has 2 aromatic rings. The number of likely N-dealkylation sites (N-methyl/N-ethyl adjacent to an activating group) is 1. The average Bonchev–Trinajstić information content (AvgIpc) is 3.10. The Balaban J connectivity index is 0.000000182. The van der Waals surface area contributed by atoms with Crippen LogP contribution < -0.4 is 15.4 Å². The molecule has 0 unspecified atom stereocenters. The van der Waals surface area contributed by atoms with Crippen molar-refractivity contribution in [1.82, 2.24) is 15.5 Å². The molecule has 2 fully saturated rings. The van der Waals surface area contributed by atoms with Gasteiger partial charge in [0.2, 0.25) is 11.8 Å². The summed E-state index contributed by atoms with van der Waals surface area (Å²) in [5.74, 6) is 3.66. The summed E-state index contributed by atoms with van der Waals surface area (Å²) in [4.78, 5) is 23.5. The van der Waals surface area contributed by atoms with E-state index >= 15 is 0 Å². The Morgan fingerprint density at radius 3 is 2.45 bits per heavy atom. The van der Waals surface area contributed by atoms with E-state index in [-0.39, 0.29) is 11.8 Å². The molecule has 0 aliphatic carbocycles. The molecule has 4 rings (SSSR count). The Morgan fingerprint density at radius 2 is 1.79 bits per heavy atom.